The molecule has 1 N–H and O–H groups in total. The highest BCUT2D eigenvalue weighted by molar-refractivity contribution is 7.89. The van der Waals surface area contributed by atoms with Gasteiger partial charge < -0.3 is 4.90 Å². The Morgan fingerprint density at radius 1 is 1.19 bits per heavy atom. The molecule has 1 amide bonds. The summed E-state index contributed by atoms with van der Waals surface area (Å²) in [5, 5.41) is 0. The molecule has 0 radical (unpaired) electrons. The molecule has 0 saturated carbocycles. The van der Waals surface area contributed by atoms with Crippen LogP contribution < -0.4 is 4.72 Å². The third-order valence-electron chi connectivity index (χ3n) is 2.73. The lowest BCUT2D eigenvalue weighted by molar-refractivity contribution is 0.0790. The molecular weight excluding hydrogens is 288 g/mol. The van der Waals surface area contributed by atoms with Crippen molar-refractivity contribution in [2.45, 2.75) is 11.8 Å². The van der Waals surface area contributed by atoms with Crippen LogP contribution in [0.3, 0.4) is 0 Å². The second kappa shape index (κ2) is 7.75. The number of hydrogen-bond acceptors (Lipinski definition) is 3. The highest BCUT2D eigenvalue weighted by atomic mass is 32.2. The minimum atomic E-state index is -3.50. The van der Waals surface area contributed by atoms with Crippen LogP contribution in [-0.2, 0) is 10.0 Å². The van der Waals surface area contributed by atoms with Gasteiger partial charge in [-0.15, -0.1) is 13.2 Å². The Labute approximate surface area is 126 Å². The smallest absolute Gasteiger partial charge is 0.254 e. The molecule has 0 unspecified atom stereocenters. The Bertz CT molecular complexity index is 596. The second-order valence-electron chi connectivity index (χ2n) is 4.31. The summed E-state index contributed by atoms with van der Waals surface area (Å²) in [5.74, 6) is -0.192. The summed E-state index contributed by atoms with van der Waals surface area (Å²) in [6.45, 7) is 10.1. The first-order chi connectivity index (χ1) is 9.96. The summed E-state index contributed by atoms with van der Waals surface area (Å²) in [6, 6.07) is 5.86. The van der Waals surface area contributed by atoms with Gasteiger partial charge in [0, 0.05) is 25.2 Å². The number of amides is 1. The van der Waals surface area contributed by atoms with Crippen LogP contribution in [0.25, 0.3) is 0 Å². The van der Waals surface area contributed by atoms with Crippen LogP contribution in [0, 0.1) is 0 Å². The summed E-state index contributed by atoms with van der Waals surface area (Å²) < 4.78 is 26.0. The number of benzene rings is 1. The van der Waals surface area contributed by atoms with Crippen molar-refractivity contribution in [3.8, 4) is 0 Å². The Kier molecular flexibility index (Phi) is 6.33. The van der Waals surface area contributed by atoms with Gasteiger partial charge in [0.25, 0.3) is 5.91 Å². The third kappa shape index (κ3) is 4.54. The Hall–Kier alpha value is -1.92. The standard InChI is InChI=1S/C15H20N2O3S/c1-4-11-17(12-5-2)15(18)13-7-9-14(10-8-13)21(19,20)16-6-3/h4-5,7-10,16H,1-2,6,11-12H2,3H3. The zero-order valence-corrected chi connectivity index (χ0v) is 12.9. The fourth-order valence-corrected chi connectivity index (χ4v) is 2.83. The van der Waals surface area contributed by atoms with Crippen molar-refractivity contribution in [3.63, 3.8) is 0 Å². The topological polar surface area (TPSA) is 66.5 Å². The van der Waals surface area contributed by atoms with Crippen LogP contribution >= 0.6 is 0 Å². The van der Waals surface area contributed by atoms with Crippen molar-refractivity contribution in [1.82, 2.24) is 9.62 Å². The maximum absolute atomic E-state index is 12.3. The zero-order chi connectivity index (χ0) is 15.9. The lowest BCUT2D eigenvalue weighted by Crippen LogP contribution is -2.31. The van der Waals surface area contributed by atoms with Crippen LogP contribution in [0.1, 0.15) is 17.3 Å². The number of carbonyl (C=O) groups is 1. The largest absolute Gasteiger partial charge is 0.331 e. The number of hydrogen-bond donors (Lipinski definition) is 1. The summed E-state index contributed by atoms with van der Waals surface area (Å²) in [5.41, 5.74) is 0.425. The highest BCUT2D eigenvalue weighted by Crippen LogP contribution is 2.12. The van der Waals surface area contributed by atoms with Crippen molar-refractivity contribution >= 4 is 15.9 Å². The van der Waals surface area contributed by atoms with E-state index < -0.39 is 10.0 Å². The van der Waals surface area contributed by atoms with Gasteiger partial charge in [0.15, 0.2) is 0 Å². The van der Waals surface area contributed by atoms with Crippen LogP contribution in [0.5, 0.6) is 0 Å². The van der Waals surface area contributed by atoms with Crippen molar-refractivity contribution in [2.24, 2.45) is 0 Å². The quantitative estimate of drug-likeness (QED) is 0.745. The van der Waals surface area contributed by atoms with E-state index in [0.29, 0.717) is 25.2 Å². The molecule has 1 aromatic rings. The maximum Gasteiger partial charge on any atom is 0.254 e. The molecule has 0 heterocycles. The Balaban J connectivity index is 2.98. The normalized spacial score (nSPS) is 10.9. The molecule has 0 aliphatic carbocycles. The molecule has 0 aromatic heterocycles. The lowest BCUT2D eigenvalue weighted by atomic mass is 10.2. The summed E-state index contributed by atoms with van der Waals surface area (Å²) in [4.78, 5) is 14.0. The Morgan fingerprint density at radius 3 is 2.14 bits per heavy atom. The molecule has 0 aliphatic rings. The first-order valence-electron chi connectivity index (χ1n) is 6.57. The van der Waals surface area contributed by atoms with E-state index in [4.69, 9.17) is 0 Å². The lowest BCUT2D eigenvalue weighted by Gasteiger charge is -2.19. The van der Waals surface area contributed by atoms with Crippen LogP contribution in [-0.4, -0.2) is 38.9 Å². The average molecular weight is 308 g/mol. The molecular formula is C15H20N2O3S. The minimum absolute atomic E-state index is 0.139. The summed E-state index contributed by atoms with van der Waals surface area (Å²) in [7, 11) is -3.50. The fraction of sp³-hybridized carbons (Fsp3) is 0.267. The number of rotatable bonds is 8. The number of sulfonamides is 1. The van der Waals surface area contributed by atoms with Gasteiger partial charge in [-0.25, -0.2) is 13.1 Å². The molecule has 0 atom stereocenters. The number of nitrogens with zero attached hydrogens (tertiary/aromatic N) is 1. The first-order valence-corrected chi connectivity index (χ1v) is 8.05. The van der Waals surface area contributed by atoms with E-state index >= 15 is 0 Å². The monoisotopic (exact) mass is 308 g/mol. The van der Waals surface area contributed by atoms with Gasteiger partial charge in [-0.05, 0) is 24.3 Å². The second-order valence-corrected chi connectivity index (χ2v) is 6.08. The average Bonchev–Trinajstić information content (AvgIpc) is 2.46. The van der Waals surface area contributed by atoms with Crippen molar-refractivity contribution in [3.05, 3.63) is 55.1 Å². The van der Waals surface area contributed by atoms with E-state index in [1.54, 1.807) is 24.0 Å². The summed E-state index contributed by atoms with van der Waals surface area (Å²) >= 11 is 0. The predicted molar refractivity (Wildman–Crippen MR) is 83.6 cm³/mol. The van der Waals surface area contributed by atoms with E-state index in [-0.39, 0.29) is 10.8 Å². The van der Waals surface area contributed by atoms with Gasteiger partial charge in [0.05, 0.1) is 4.90 Å². The third-order valence-corrected chi connectivity index (χ3v) is 4.29. The van der Waals surface area contributed by atoms with E-state index in [0.717, 1.165) is 0 Å². The molecule has 21 heavy (non-hydrogen) atoms. The number of nitrogens with one attached hydrogen (secondary N) is 1. The molecule has 0 aliphatic heterocycles. The molecule has 0 bridgehead atoms. The molecule has 0 spiro atoms. The van der Waals surface area contributed by atoms with Crippen molar-refractivity contribution < 1.29 is 13.2 Å². The molecule has 1 rings (SSSR count). The Morgan fingerprint density at radius 2 is 1.71 bits per heavy atom. The zero-order valence-electron chi connectivity index (χ0n) is 12.1. The van der Waals surface area contributed by atoms with Crippen molar-refractivity contribution in [1.29, 1.82) is 0 Å². The predicted octanol–water partition coefficient (Wildman–Crippen LogP) is 1.80. The van der Waals surface area contributed by atoms with Gasteiger partial charge in [-0.3, -0.25) is 4.79 Å². The SMILES string of the molecule is C=CCN(CC=C)C(=O)c1ccc(S(=O)(=O)NCC)cc1. The van der Waals surface area contributed by atoms with Crippen molar-refractivity contribution in [2.75, 3.05) is 19.6 Å². The first kappa shape index (κ1) is 17.1. The minimum Gasteiger partial charge on any atom is -0.331 e. The molecule has 6 heteroatoms. The molecule has 1 aromatic carbocycles. The van der Waals surface area contributed by atoms with Gasteiger partial charge in [0.2, 0.25) is 10.0 Å². The van der Waals surface area contributed by atoms with E-state index in [9.17, 15) is 13.2 Å². The van der Waals surface area contributed by atoms with Gasteiger partial charge in [0.1, 0.15) is 0 Å². The van der Waals surface area contributed by atoms with Gasteiger partial charge in [-0.2, -0.15) is 0 Å². The molecule has 5 nitrogen and oxygen atoms in total. The summed E-state index contributed by atoms with van der Waals surface area (Å²) in [6.07, 6.45) is 3.26. The molecule has 0 saturated heterocycles. The molecule has 0 fully saturated rings. The van der Waals surface area contributed by atoms with E-state index in [2.05, 4.69) is 17.9 Å². The van der Waals surface area contributed by atoms with Gasteiger partial charge in [-0.1, -0.05) is 19.1 Å². The van der Waals surface area contributed by atoms with Gasteiger partial charge >= 0.3 is 0 Å². The molecule has 114 valence electrons. The highest BCUT2D eigenvalue weighted by Gasteiger charge is 2.16. The van der Waals surface area contributed by atoms with E-state index in [1.165, 1.54) is 24.3 Å². The van der Waals surface area contributed by atoms with E-state index in [1.807, 2.05) is 0 Å². The van der Waals surface area contributed by atoms with Crippen LogP contribution in [0.2, 0.25) is 0 Å². The maximum atomic E-state index is 12.3. The van der Waals surface area contributed by atoms with Crippen LogP contribution in [0.15, 0.2) is 54.5 Å². The van der Waals surface area contributed by atoms with Crippen LogP contribution in [0.4, 0.5) is 0 Å². The number of carbonyl (C=O) groups excluding carboxylic acids is 1. The fourth-order valence-electron chi connectivity index (χ4n) is 1.78.